The van der Waals surface area contributed by atoms with Gasteiger partial charge in [0.05, 0.1) is 13.0 Å². The van der Waals surface area contributed by atoms with Gasteiger partial charge < -0.3 is 15.0 Å². The zero-order chi connectivity index (χ0) is 22.2. The van der Waals surface area contributed by atoms with Crippen molar-refractivity contribution in [2.24, 2.45) is 0 Å². The van der Waals surface area contributed by atoms with E-state index in [-0.39, 0.29) is 24.8 Å². The van der Waals surface area contributed by atoms with Gasteiger partial charge in [0, 0.05) is 18.5 Å². The third kappa shape index (κ3) is 6.52. The van der Waals surface area contributed by atoms with Crippen LogP contribution < -0.4 is 10.2 Å². The molecule has 0 aliphatic rings. The first-order valence-corrected chi connectivity index (χ1v) is 10.2. The summed E-state index contributed by atoms with van der Waals surface area (Å²) in [6, 6.07) is 23.3. The highest BCUT2D eigenvalue weighted by molar-refractivity contribution is 5.95. The molecule has 160 valence electrons. The van der Waals surface area contributed by atoms with Crippen LogP contribution in [-0.4, -0.2) is 25.5 Å². The van der Waals surface area contributed by atoms with E-state index in [1.165, 1.54) is 12.7 Å². The Labute approximate surface area is 183 Å². The summed E-state index contributed by atoms with van der Waals surface area (Å²) in [5, 5.41) is 2.93. The van der Waals surface area contributed by atoms with E-state index in [0.29, 0.717) is 6.54 Å². The van der Waals surface area contributed by atoms with E-state index >= 15 is 0 Å². The van der Waals surface area contributed by atoms with E-state index in [9.17, 15) is 9.59 Å². The van der Waals surface area contributed by atoms with Crippen molar-refractivity contribution in [1.29, 1.82) is 0 Å². The van der Waals surface area contributed by atoms with Gasteiger partial charge in [-0.15, -0.1) is 0 Å². The molecule has 0 aliphatic heterocycles. The predicted octanol–water partition coefficient (Wildman–Crippen LogP) is 4.66. The lowest BCUT2D eigenvalue weighted by molar-refractivity contribution is -0.122. The quantitative estimate of drug-likeness (QED) is 0.581. The number of rotatable bonds is 8. The fourth-order valence-electron chi connectivity index (χ4n) is 3.35. The monoisotopic (exact) mass is 416 g/mol. The van der Waals surface area contributed by atoms with Gasteiger partial charge in [0.1, 0.15) is 6.61 Å². The van der Waals surface area contributed by atoms with Gasteiger partial charge in [-0.1, -0.05) is 54.1 Å². The zero-order valence-corrected chi connectivity index (χ0v) is 18.2. The Morgan fingerprint density at radius 1 is 0.871 bits per heavy atom. The maximum absolute atomic E-state index is 12.7. The Bertz CT molecular complexity index is 1040. The molecule has 1 N–H and O–H groups in total. The first kappa shape index (κ1) is 22.2. The summed E-state index contributed by atoms with van der Waals surface area (Å²) in [7, 11) is 1.51. The Balaban J connectivity index is 1.77. The number of ether oxygens (including phenoxy) is 1. The summed E-state index contributed by atoms with van der Waals surface area (Å²) in [5.41, 5.74) is 5.63. The van der Waals surface area contributed by atoms with E-state index in [4.69, 9.17) is 4.74 Å². The van der Waals surface area contributed by atoms with Crippen LogP contribution in [0.1, 0.15) is 22.3 Å². The van der Waals surface area contributed by atoms with Crippen molar-refractivity contribution in [2.75, 3.05) is 23.9 Å². The van der Waals surface area contributed by atoms with E-state index in [0.717, 1.165) is 28.1 Å². The number of anilines is 2. The number of nitrogens with one attached hydrogen (secondary N) is 1. The summed E-state index contributed by atoms with van der Waals surface area (Å²) >= 11 is 0. The van der Waals surface area contributed by atoms with E-state index in [1.54, 1.807) is 4.90 Å². The van der Waals surface area contributed by atoms with Gasteiger partial charge in [-0.3, -0.25) is 9.59 Å². The molecule has 5 heteroatoms. The fraction of sp³-hybridized carbons (Fsp3) is 0.231. The first-order chi connectivity index (χ1) is 14.9. The van der Waals surface area contributed by atoms with E-state index < -0.39 is 0 Å². The van der Waals surface area contributed by atoms with Gasteiger partial charge in [0.15, 0.2) is 0 Å². The highest BCUT2D eigenvalue weighted by atomic mass is 16.5. The molecule has 0 saturated carbocycles. The molecule has 3 rings (SSSR count). The normalized spacial score (nSPS) is 10.5. The molecule has 3 aromatic rings. The molecule has 31 heavy (non-hydrogen) atoms. The molecular formula is C26H28N2O3. The number of benzene rings is 3. The topological polar surface area (TPSA) is 58.6 Å². The van der Waals surface area contributed by atoms with Crippen molar-refractivity contribution < 1.29 is 14.3 Å². The number of carbonyl (C=O) groups excluding carboxylic acids is 2. The second-order valence-corrected chi connectivity index (χ2v) is 7.66. The van der Waals surface area contributed by atoms with Crippen LogP contribution in [0.25, 0.3) is 0 Å². The molecule has 0 unspecified atom stereocenters. The summed E-state index contributed by atoms with van der Waals surface area (Å²) in [5.74, 6) is -0.236. The summed E-state index contributed by atoms with van der Waals surface area (Å²) in [6.45, 7) is 4.44. The smallest absolute Gasteiger partial charge is 0.253 e. The van der Waals surface area contributed by atoms with Crippen LogP contribution in [0.3, 0.4) is 0 Å². The van der Waals surface area contributed by atoms with Gasteiger partial charge in [-0.05, 0) is 54.8 Å². The van der Waals surface area contributed by atoms with Crippen LogP contribution in [-0.2, 0) is 27.3 Å². The van der Waals surface area contributed by atoms with Crippen LogP contribution >= 0.6 is 0 Å². The number of hydrogen-bond donors (Lipinski definition) is 1. The molecule has 0 saturated heterocycles. The third-order valence-electron chi connectivity index (χ3n) is 4.92. The third-order valence-corrected chi connectivity index (χ3v) is 4.92. The Morgan fingerprint density at radius 3 is 2.32 bits per heavy atom. The van der Waals surface area contributed by atoms with Crippen molar-refractivity contribution >= 4 is 23.2 Å². The molecule has 0 atom stereocenters. The maximum Gasteiger partial charge on any atom is 0.253 e. The number of amides is 2. The van der Waals surface area contributed by atoms with Gasteiger partial charge in [-0.2, -0.15) is 0 Å². The molecule has 0 radical (unpaired) electrons. The summed E-state index contributed by atoms with van der Waals surface area (Å²) in [4.78, 5) is 27.0. The van der Waals surface area contributed by atoms with Crippen molar-refractivity contribution in [3.63, 3.8) is 0 Å². The Hall–Kier alpha value is -3.44. The number of carbonyl (C=O) groups is 2. The molecule has 0 aliphatic carbocycles. The lowest BCUT2D eigenvalue weighted by atomic mass is 10.1. The molecule has 0 spiro atoms. The largest absolute Gasteiger partial charge is 0.375 e. The minimum Gasteiger partial charge on any atom is -0.375 e. The molecule has 0 bridgehead atoms. The zero-order valence-electron chi connectivity index (χ0n) is 18.2. The first-order valence-electron chi connectivity index (χ1n) is 10.2. The lowest BCUT2D eigenvalue weighted by Gasteiger charge is -2.23. The van der Waals surface area contributed by atoms with Crippen LogP contribution in [0.5, 0.6) is 0 Å². The van der Waals surface area contributed by atoms with Crippen molar-refractivity contribution in [1.82, 2.24) is 0 Å². The molecule has 0 fully saturated rings. The summed E-state index contributed by atoms with van der Waals surface area (Å²) < 4.78 is 5.08. The molecular weight excluding hydrogens is 388 g/mol. The maximum atomic E-state index is 12.7. The number of methoxy groups -OCH3 is 1. The second-order valence-electron chi connectivity index (χ2n) is 7.66. The van der Waals surface area contributed by atoms with Gasteiger partial charge >= 0.3 is 0 Å². The van der Waals surface area contributed by atoms with E-state index in [2.05, 4.69) is 5.32 Å². The average molecular weight is 417 g/mol. The van der Waals surface area contributed by atoms with Crippen molar-refractivity contribution in [3.8, 4) is 0 Å². The van der Waals surface area contributed by atoms with Crippen molar-refractivity contribution in [2.45, 2.75) is 26.8 Å². The molecule has 3 aromatic carbocycles. The van der Waals surface area contributed by atoms with E-state index in [1.807, 2.05) is 86.6 Å². The van der Waals surface area contributed by atoms with Crippen LogP contribution in [0.2, 0.25) is 0 Å². The highest BCUT2D eigenvalue weighted by Crippen LogP contribution is 2.21. The molecule has 5 nitrogen and oxygen atoms in total. The minimum absolute atomic E-state index is 0.00999. The Morgan fingerprint density at radius 2 is 1.61 bits per heavy atom. The van der Waals surface area contributed by atoms with Gasteiger partial charge in [-0.25, -0.2) is 0 Å². The van der Waals surface area contributed by atoms with Crippen molar-refractivity contribution in [3.05, 3.63) is 95.1 Å². The van der Waals surface area contributed by atoms with Crippen LogP contribution in [0.4, 0.5) is 11.4 Å². The predicted molar refractivity (Wildman–Crippen MR) is 124 cm³/mol. The molecule has 0 heterocycles. The van der Waals surface area contributed by atoms with Gasteiger partial charge in [0.2, 0.25) is 5.91 Å². The SMILES string of the molecule is COCC(=O)N(Cc1ccc(C)cc1)c1cccc(CC(=O)Nc2cccc(C)c2)c1. The summed E-state index contributed by atoms with van der Waals surface area (Å²) in [6.07, 6.45) is 0.221. The lowest BCUT2D eigenvalue weighted by Crippen LogP contribution is -2.33. The molecule has 2 amide bonds. The number of aryl methyl sites for hydroxylation is 2. The number of hydrogen-bond acceptors (Lipinski definition) is 3. The molecule has 0 aromatic heterocycles. The minimum atomic E-state index is -0.135. The van der Waals surface area contributed by atoms with Crippen LogP contribution in [0, 0.1) is 13.8 Å². The second kappa shape index (κ2) is 10.5. The Kier molecular flexibility index (Phi) is 7.57. The van der Waals surface area contributed by atoms with Gasteiger partial charge in [0.25, 0.3) is 5.91 Å². The highest BCUT2D eigenvalue weighted by Gasteiger charge is 2.17. The number of nitrogens with zero attached hydrogens (tertiary/aromatic N) is 1. The fourth-order valence-corrected chi connectivity index (χ4v) is 3.35. The van der Waals surface area contributed by atoms with Crippen LogP contribution in [0.15, 0.2) is 72.8 Å². The standard InChI is InChI=1S/C26H28N2O3/c1-19-10-12-21(13-11-19)17-28(26(30)18-31-3)24-9-5-7-22(15-24)16-25(29)27-23-8-4-6-20(2)14-23/h4-15H,16-18H2,1-3H3,(H,27,29). The average Bonchev–Trinajstić information content (AvgIpc) is 2.73.